The number of benzene rings is 2. The topological polar surface area (TPSA) is 71.7 Å². The lowest BCUT2D eigenvalue weighted by Gasteiger charge is -2.11. The number of aromatic nitrogens is 2. The zero-order valence-corrected chi connectivity index (χ0v) is 16.1. The summed E-state index contributed by atoms with van der Waals surface area (Å²) in [6.45, 7) is 1.70. The van der Waals surface area contributed by atoms with Gasteiger partial charge in [0.25, 0.3) is 0 Å². The molecule has 4 rings (SSSR count). The molecule has 156 valence electrons. The van der Waals surface area contributed by atoms with Gasteiger partial charge in [-0.15, -0.1) is 0 Å². The van der Waals surface area contributed by atoms with Crippen LogP contribution >= 0.6 is 0 Å². The second-order valence-electron chi connectivity index (χ2n) is 6.95. The van der Waals surface area contributed by atoms with Crippen LogP contribution in [0.1, 0.15) is 37.7 Å². The maximum absolute atomic E-state index is 13.4. The van der Waals surface area contributed by atoms with Crippen molar-refractivity contribution >= 4 is 17.3 Å². The second kappa shape index (κ2) is 7.39. The van der Waals surface area contributed by atoms with E-state index in [1.165, 1.54) is 28.7 Å². The Hall–Kier alpha value is -3.94. The highest BCUT2D eigenvalue weighted by Gasteiger charge is 2.36. The van der Waals surface area contributed by atoms with Gasteiger partial charge in [-0.2, -0.15) is 13.2 Å². The quantitative estimate of drug-likeness (QED) is 0.454. The molecule has 0 aliphatic rings. The molecule has 5 nitrogen and oxygen atoms in total. The van der Waals surface area contributed by atoms with E-state index in [0.717, 1.165) is 12.1 Å². The van der Waals surface area contributed by atoms with Crippen LogP contribution in [0.4, 0.5) is 13.2 Å². The van der Waals surface area contributed by atoms with Crippen molar-refractivity contribution in [2.24, 2.45) is 0 Å². The Bertz CT molecular complexity index is 1340. The number of hydrogen-bond acceptors (Lipinski definition) is 3. The fourth-order valence-corrected chi connectivity index (χ4v) is 3.51. The molecular formula is C23H15F3N2O3. The van der Waals surface area contributed by atoms with Gasteiger partial charge in [-0.25, -0.2) is 9.78 Å². The lowest BCUT2D eigenvalue weighted by molar-refractivity contribution is -0.137. The summed E-state index contributed by atoms with van der Waals surface area (Å²) in [5.41, 5.74) is 0.659. The minimum absolute atomic E-state index is 0.0974. The lowest BCUT2D eigenvalue weighted by Crippen LogP contribution is -2.15. The highest BCUT2D eigenvalue weighted by Crippen LogP contribution is 2.34. The highest BCUT2D eigenvalue weighted by molar-refractivity contribution is 6.09. The molecular weight excluding hydrogens is 409 g/mol. The number of imidazole rings is 1. The maximum Gasteiger partial charge on any atom is 0.417 e. The molecule has 4 aromatic rings. The Labute approximate surface area is 174 Å². The zero-order chi connectivity index (χ0) is 22.3. The molecule has 0 aliphatic heterocycles. The second-order valence-corrected chi connectivity index (χ2v) is 6.95. The van der Waals surface area contributed by atoms with Crippen LogP contribution in [0.15, 0.2) is 66.9 Å². The van der Waals surface area contributed by atoms with Crippen molar-refractivity contribution < 1.29 is 27.9 Å². The van der Waals surface area contributed by atoms with Crippen LogP contribution in [0.25, 0.3) is 16.8 Å². The summed E-state index contributed by atoms with van der Waals surface area (Å²) >= 11 is 0. The average Bonchev–Trinajstić information content (AvgIpc) is 3.12. The number of ketones is 1. The maximum atomic E-state index is 13.4. The first-order valence-electron chi connectivity index (χ1n) is 9.21. The molecule has 0 saturated heterocycles. The number of carbonyl (C=O) groups excluding carboxylic acids is 1. The SMILES string of the molecule is Cc1cc(C(=O)O)ccc1-c1nc(C(=O)c2ccccc2C(F)(F)F)n2ccccc12. The van der Waals surface area contributed by atoms with E-state index in [2.05, 4.69) is 4.98 Å². The monoisotopic (exact) mass is 424 g/mol. The molecule has 2 aromatic carbocycles. The molecule has 8 heteroatoms. The predicted molar refractivity (Wildman–Crippen MR) is 107 cm³/mol. The van der Waals surface area contributed by atoms with Crippen molar-refractivity contribution in [3.05, 3.63) is 94.9 Å². The Morgan fingerprint density at radius 1 is 1.00 bits per heavy atom. The van der Waals surface area contributed by atoms with Crippen molar-refractivity contribution in [2.45, 2.75) is 13.1 Å². The predicted octanol–water partition coefficient (Wildman–Crippen LogP) is 5.26. The first-order chi connectivity index (χ1) is 14.7. The van der Waals surface area contributed by atoms with Crippen molar-refractivity contribution in [1.82, 2.24) is 9.38 Å². The number of hydrogen-bond donors (Lipinski definition) is 1. The van der Waals surface area contributed by atoms with Crippen LogP contribution in [0, 0.1) is 6.92 Å². The number of carbonyl (C=O) groups is 2. The fraction of sp³-hybridized carbons (Fsp3) is 0.0870. The number of halogens is 3. The molecule has 0 saturated carbocycles. The molecule has 0 radical (unpaired) electrons. The van der Waals surface area contributed by atoms with E-state index in [9.17, 15) is 27.9 Å². The summed E-state index contributed by atoms with van der Waals surface area (Å²) in [7, 11) is 0. The summed E-state index contributed by atoms with van der Waals surface area (Å²) in [5.74, 6) is -2.10. The van der Waals surface area contributed by atoms with Gasteiger partial charge in [-0.05, 0) is 42.8 Å². The molecule has 0 spiro atoms. The Balaban J connectivity index is 1.92. The number of aromatic carboxylic acids is 1. The normalized spacial score (nSPS) is 11.6. The third-order valence-corrected chi connectivity index (χ3v) is 4.96. The number of carboxylic acids is 1. The van der Waals surface area contributed by atoms with Crippen LogP contribution in [0.3, 0.4) is 0 Å². The number of alkyl halides is 3. The van der Waals surface area contributed by atoms with E-state index >= 15 is 0 Å². The number of nitrogens with zero attached hydrogens (tertiary/aromatic N) is 2. The van der Waals surface area contributed by atoms with Crippen LogP contribution in [0.2, 0.25) is 0 Å². The van der Waals surface area contributed by atoms with Gasteiger partial charge >= 0.3 is 12.1 Å². The van der Waals surface area contributed by atoms with Crippen LogP contribution in [-0.4, -0.2) is 26.2 Å². The molecule has 0 bridgehead atoms. The zero-order valence-electron chi connectivity index (χ0n) is 16.1. The largest absolute Gasteiger partial charge is 0.478 e. The number of fused-ring (bicyclic) bond motifs is 1. The Morgan fingerprint density at radius 2 is 1.71 bits per heavy atom. The number of carboxylic acid groups (broad SMARTS) is 1. The van der Waals surface area contributed by atoms with Gasteiger partial charge in [0.05, 0.1) is 22.3 Å². The Morgan fingerprint density at radius 3 is 2.39 bits per heavy atom. The standard InChI is InChI=1S/C23H15F3N2O3/c1-13-12-14(22(30)31)9-10-15(13)19-18-8-4-5-11-28(18)21(27-19)20(29)16-6-2-3-7-17(16)23(24,25)26/h2-12H,1H3,(H,30,31). The van der Waals surface area contributed by atoms with Crippen molar-refractivity contribution in [3.8, 4) is 11.3 Å². The van der Waals surface area contributed by atoms with Gasteiger partial charge in [-0.1, -0.05) is 30.3 Å². The van der Waals surface area contributed by atoms with Crippen molar-refractivity contribution in [2.75, 3.05) is 0 Å². The number of rotatable bonds is 4. The van der Waals surface area contributed by atoms with Crippen LogP contribution in [-0.2, 0) is 6.18 Å². The van der Waals surface area contributed by atoms with E-state index in [-0.39, 0.29) is 11.4 Å². The van der Waals surface area contributed by atoms with Crippen molar-refractivity contribution in [3.63, 3.8) is 0 Å². The third-order valence-electron chi connectivity index (χ3n) is 4.96. The smallest absolute Gasteiger partial charge is 0.417 e. The molecule has 1 N–H and O–H groups in total. The first kappa shape index (κ1) is 20.3. The van der Waals surface area contributed by atoms with E-state index in [1.54, 1.807) is 37.4 Å². The summed E-state index contributed by atoms with van der Waals surface area (Å²) < 4.78 is 41.8. The summed E-state index contributed by atoms with van der Waals surface area (Å²) in [4.78, 5) is 28.8. The summed E-state index contributed by atoms with van der Waals surface area (Å²) in [5, 5.41) is 9.18. The van der Waals surface area contributed by atoms with Crippen molar-refractivity contribution in [1.29, 1.82) is 0 Å². The molecule has 0 fully saturated rings. The minimum Gasteiger partial charge on any atom is -0.478 e. The highest BCUT2D eigenvalue weighted by atomic mass is 19.4. The van der Waals surface area contributed by atoms with E-state index < -0.39 is 29.1 Å². The molecule has 31 heavy (non-hydrogen) atoms. The van der Waals surface area contributed by atoms with E-state index in [1.807, 2.05) is 0 Å². The van der Waals surface area contributed by atoms with Gasteiger partial charge in [0.15, 0.2) is 5.82 Å². The van der Waals surface area contributed by atoms with Crippen LogP contribution < -0.4 is 0 Å². The van der Waals surface area contributed by atoms with Gasteiger partial charge < -0.3 is 5.11 Å². The minimum atomic E-state index is -4.69. The molecule has 0 atom stereocenters. The van der Waals surface area contributed by atoms with Crippen LogP contribution in [0.5, 0.6) is 0 Å². The lowest BCUT2D eigenvalue weighted by atomic mass is 10.0. The number of aryl methyl sites for hydroxylation is 1. The van der Waals surface area contributed by atoms with Gasteiger partial charge in [0.2, 0.25) is 5.78 Å². The molecule has 2 aromatic heterocycles. The van der Waals surface area contributed by atoms with E-state index in [0.29, 0.717) is 22.3 Å². The van der Waals surface area contributed by atoms with E-state index in [4.69, 9.17) is 0 Å². The molecule has 0 aliphatic carbocycles. The van der Waals surface area contributed by atoms with Gasteiger partial charge in [0.1, 0.15) is 0 Å². The molecule has 0 unspecified atom stereocenters. The number of pyridine rings is 1. The Kier molecular flexibility index (Phi) is 4.85. The van der Waals surface area contributed by atoms with Gasteiger partial charge in [-0.3, -0.25) is 9.20 Å². The molecule has 2 heterocycles. The average molecular weight is 424 g/mol. The summed E-state index contributed by atoms with van der Waals surface area (Å²) in [6.07, 6.45) is -3.14. The third kappa shape index (κ3) is 3.56. The van der Waals surface area contributed by atoms with Gasteiger partial charge in [0, 0.05) is 17.3 Å². The summed E-state index contributed by atoms with van der Waals surface area (Å²) in [6, 6.07) is 14.1. The fourth-order valence-electron chi connectivity index (χ4n) is 3.51. The molecule has 0 amide bonds. The first-order valence-corrected chi connectivity index (χ1v) is 9.21.